The Kier molecular flexibility index (Phi) is 6.99. The summed E-state index contributed by atoms with van der Waals surface area (Å²) < 4.78 is 18.2. The third kappa shape index (κ3) is 5.29. The van der Waals surface area contributed by atoms with Crippen LogP contribution in [-0.2, 0) is 16.1 Å². The van der Waals surface area contributed by atoms with Gasteiger partial charge in [-0.2, -0.15) is 0 Å². The maximum Gasteiger partial charge on any atom is 0.239 e. The molecule has 0 saturated carbocycles. The van der Waals surface area contributed by atoms with Crippen molar-refractivity contribution in [2.45, 2.75) is 38.8 Å². The number of hydrogen-bond acceptors (Lipinski definition) is 3. The lowest BCUT2D eigenvalue weighted by Gasteiger charge is -2.31. The number of likely N-dealkylation sites (tertiary alicyclic amines) is 1. The molecule has 128 valence electrons. The molecular weight excluding hydrogens is 295 g/mol. The summed E-state index contributed by atoms with van der Waals surface area (Å²) in [5.41, 5.74) is 1.02. The molecule has 0 aromatic heterocycles. The highest BCUT2D eigenvalue weighted by molar-refractivity contribution is 5.81. The number of nitrogens with zero attached hydrogens (tertiary/aromatic N) is 2. The van der Waals surface area contributed by atoms with Crippen LogP contribution < -0.4 is 0 Å². The van der Waals surface area contributed by atoms with E-state index < -0.39 is 0 Å². The number of rotatable bonds is 8. The summed E-state index contributed by atoms with van der Waals surface area (Å²) in [7, 11) is 1.68. The van der Waals surface area contributed by atoms with Gasteiger partial charge in [-0.05, 0) is 43.9 Å². The van der Waals surface area contributed by atoms with Gasteiger partial charge in [-0.15, -0.1) is 0 Å². The fraction of sp³-hybridized carbons (Fsp3) is 0.611. The van der Waals surface area contributed by atoms with Crippen molar-refractivity contribution in [1.82, 2.24) is 9.80 Å². The number of halogens is 1. The number of ether oxygens (including phenoxy) is 1. The minimum absolute atomic E-state index is 0.171. The molecule has 1 aromatic rings. The van der Waals surface area contributed by atoms with Crippen LogP contribution in [0.3, 0.4) is 0 Å². The first-order chi connectivity index (χ1) is 11.1. The molecule has 2 rings (SSSR count). The van der Waals surface area contributed by atoms with Gasteiger partial charge in [0.1, 0.15) is 5.82 Å². The molecule has 0 N–H and O–H groups in total. The second-order valence-corrected chi connectivity index (χ2v) is 6.15. The summed E-state index contributed by atoms with van der Waals surface area (Å²) in [5.74, 6) is -0.0390. The number of methoxy groups -OCH3 is 1. The largest absolute Gasteiger partial charge is 0.385 e. The lowest BCUT2D eigenvalue weighted by atomic mass is 10.1. The van der Waals surface area contributed by atoms with Gasteiger partial charge in [0.2, 0.25) is 5.91 Å². The summed E-state index contributed by atoms with van der Waals surface area (Å²) in [5, 5.41) is 0. The summed E-state index contributed by atoms with van der Waals surface area (Å²) in [6, 6.07) is 6.33. The number of hydrogen-bond donors (Lipinski definition) is 0. The average molecular weight is 322 g/mol. The smallest absolute Gasteiger partial charge is 0.239 e. The van der Waals surface area contributed by atoms with Crippen molar-refractivity contribution in [2.24, 2.45) is 0 Å². The zero-order valence-electron chi connectivity index (χ0n) is 14.1. The average Bonchev–Trinajstić information content (AvgIpc) is 3.09. The van der Waals surface area contributed by atoms with E-state index in [9.17, 15) is 9.18 Å². The molecule has 0 aliphatic carbocycles. The van der Waals surface area contributed by atoms with Gasteiger partial charge in [-0.1, -0.05) is 12.1 Å². The monoisotopic (exact) mass is 322 g/mol. The normalized spacial score (nSPS) is 16.1. The Morgan fingerprint density at radius 3 is 2.57 bits per heavy atom. The van der Waals surface area contributed by atoms with Crippen molar-refractivity contribution in [3.05, 3.63) is 35.6 Å². The fourth-order valence-corrected chi connectivity index (χ4v) is 3.00. The summed E-state index contributed by atoms with van der Waals surface area (Å²) >= 11 is 0. The van der Waals surface area contributed by atoms with Gasteiger partial charge in [-0.25, -0.2) is 4.39 Å². The quantitative estimate of drug-likeness (QED) is 0.690. The zero-order valence-corrected chi connectivity index (χ0v) is 14.1. The molecule has 1 aromatic carbocycles. The molecular formula is C18H27FN2O2. The van der Waals surface area contributed by atoms with E-state index in [0.29, 0.717) is 13.2 Å². The van der Waals surface area contributed by atoms with Crippen LogP contribution in [0.15, 0.2) is 24.3 Å². The molecule has 4 nitrogen and oxygen atoms in total. The van der Waals surface area contributed by atoms with Crippen LogP contribution in [0.25, 0.3) is 0 Å². The van der Waals surface area contributed by atoms with Gasteiger partial charge in [0.05, 0.1) is 6.04 Å². The van der Waals surface area contributed by atoms with Gasteiger partial charge in [0.15, 0.2) is 0 Å². The second kappa shape index (κ2) is 8.99. The number of carbonyl (C=O) groups excluding carboxylic acids is 1. The first kappa shape index (κ1) is 17.9. The van der Waals surface area contributed by atoms with E-state index in [0.717, 1.165) is 44.5 Å². The summed E-state index contributed by atoms with van der Waals surface area (Å²) in [6.07, 6.45) is 3.06. The Morgan fingerprint density at radius 1 is 1.30 bits per heavy atom. The summed E-state index contributed by atoms with van der Waals surface area (Å²) in [4.78, 5) is 16.8. The van der Waals surface area contributed by atoms with Crippen molar-refractivity contribution in [2.75, 3.05) is 33.4 Å². The van der Waals surface area contributed by atoms with Crippen molar-refractivity contribution < 1.29 is 13.9 Å². The van der Waals surface area contributed by atoms with Gasteiger partial charge in [0, 0.05) is 39.9 Å². The molecule has 1 heterocycles. The lowest BCUT2D eigenvalue weighted by Crippen LogP contribution is -2.46. The molecule has 0 spiro atoms. The second-order valence-electron chi connectivity index (χ2n) is 6.15. The van der Waals surface area contributed by atoms with Gasteiger partial charge >= 0.3 is 0 Å². The molecule has 0 bridgehead atoms. The molecule has 0 unspecified atom stereocenters. The Morgan fingerprint density at radius 2 is 1.96 bits per heavy atom. The van der Waals surface area contributed by atoms with Crippen molar-refractivity contribution in [3.8, 4) is 0 Å². The zero-order chi connectivity index (χ0) is 16.7. The van der Waals surface area contributed by atoms with Crippen LogP contribution in [0.2, 0.25) is 0 Å². The van der Waals surface area contributed by atoms with E-state index in [-0.39, 0.29) is 17.8 Å². The van der Waals surface area contributed by atoms with Crippen LogP contribution in [0.4, 0.5) is 4.39 Å². The van der Waals surface area contributed by atoms with Crippen LogP contribution >= 0.6 is 0 Å². The first-order valence-electron chi connectivity index (χ1n) is 8.38. The van der Waals surface area contributed by atoms with Crippen LogP contribution in [-0.4, -0.2) is 55.1 Å². The van der Waals surface area contributed by atoms with Crippen molar-refractivity contribution in [1.29, 1.82) is 0 Å². The fourth-order valence-electron chi connectivity index (χ4n) is 3.00. The molecule has 1 saturated heterocycles. The molecule has 5 heteroatoms. The highest BCUT2D eigenvalue weighted by atomic mass is 19.1. The third-order valence-corrected chi connectivity index (χ3v) is 4.42. The van der Waals surface area contributed by atoms with Gasteiger partial charge in [0.25, 0.3) is 0 Å². The Balaban J connectivity index is 2.02. The minimum Gasteiger partial charge on any atom is -0.385 e. The number of carbonyl (C=O) groups is 1. The van der Waals surface area contributed by atoms with E-state index in [1.807, 2.05) is 11.8 Å². The summed E-state index contributed by atoms with van der Waals surface area (Å²) in [6.45, 7) is 5.80. The van der Waals surface area contributed by atoms with Crippen LogP contribution in [0, 0.1) is 5.82 Å². The SMILES string of the molecule is COCCCN(Cc1ccc(F)cc1)[C@H](C)C(=O)N1CCCC1. The van der Waals surface area contributed by atoms with E-state index in [2.05, 4.69) is 4.90 Å². The topological polar surface area (TPSA) is 32.8 Å². The maximum atomic E-state index is 13.1. The number of amides is 1. The van der Waals surface area contributed by atoms with E-state index in [1.165, 1.54) is 12.1 Å². The highest BCUT2D eigenvalue weighted by Gasteiger charge is 2.27. The Labute approximate surface area is 138 Å². The predicted octanol–water partition coefficient (Wildman–Crippen LogP) is 2.68. The van der Waals surface area contributed by atoms with Crippen LogP contribution in [0.1, 0.15) is 31.7 Å². The molecule has 1 amide bonds. The molecule has 0 radical (unpaired) electrons. The highest BCUT2D eigenvalue weighted by Crippen LogP contribution is 2.15. The molecule has 1 aliphatic heterocycles. The number of benzene rings is 1. The molecule has 1 aliphatic rings. The van der Waals surface area contributed by atoms with Crippen molar-refractivity contribution >= 4 is 5.91 Å². The minimum atomic E-state index is -0.235. The Bertz CT molecular complexity index is 486. The van der Waals surface area contributed by atoms with E-state index in [1.54, 1.807) is 19.2 Å². The lowest BCUT2D eigenvalue weighted by molar-refractivity contribution is -0.135. The maximum absolute atomic E-state index is 13.1. The Hall–Kier alpha value is -1.46. The molecule has 23 heavy (non-hydrogen) atoms. The third-order valence-electron chi connectivity index (χ3n) is 4.42. The molecule has 1 fully saturated rings. The first-order valence-corrected chi connectivity index (χ1v) is 8.38. The molecule has 1 atom stereocenters. The van der Waals surface area contributed by atoms with Gasteiger partial charge < -0.3 is 9.64 Å². The van der Waals surface area contributed by atoms with E-state index >= 15 is 0 Å². The predicted molar refractivity (Wildman–Crippen MR) is 88.6 cm³/mol. The van der Waals surface area contributed by atoms with Gasteiger partial charge in [-0.3, -0.25) is 9.69 Å². The standard InChI is InChI=1S/C18H27FN2O2/c1-15(18(22)20-10-3-4-11-20)21(12-5-13-23-2)14-16-6-8-17(19)9-7-16/h6-9,15H,3-5,10-14H2,1-2H3/t15-/m1/s1. The van der Waals surface area contributed by atoms with E-state index in [4.69, 9.17) is 4.74 Å². The van der Waals surface area contributed by atoms with Crippen LogP contribution in [0.5, 0.6) is 0 Å². The van der Waals surface area contributed by atoms with Crippen molar-refractivity contribution in [3.63, 3.8) is 0 Å².